The number of halogens is 1. The minimum absolute atomic E-state index is 0.0340. The van der Waals surface area contributed by atoms with Crippen molar-refractivity contribution in [3.8, 4) is 0 Å². The lowest BCUT2D eigenvalue weighted by Crippen LogP contribution is -2.22. The molecule has 136 valence electrons. The van der Waals surface area contributed by atoms with E-state index in [0.29, 0.717) is 17.8 Å². The van der Waals surface area contributed by atoms with Gasteiger partial charge in [-0.3, -0.25) is 4.79 Å². The van der Waals surface area contributed by atoms with Crippen molar-refractivity contribution >= 4 is 49.0 Å². The molecule has 0 fully saturated rings. The molecule has 0 saturated carbocycles. The summed E-state index contributed by atoms with van der Waals surface area (Å²) in [6, 6.07) is 26.4. The molecule has 1 heterocycles. The maximum absolute atomic E-state index is 13.3. The van der Waals surface area contributed by atoms with E-state index in [-0.39, 0.29) is 11.7 Å². The first-order valence-electron chi connectivity index (χ1n) is 9.23. The summed E-state index contributed by atoms with van der Waals surface area (Å²) in [5.41, 5.74) is 5.45. The van der Waals surface area contributed by atoms with Gasteiger partial charge in [0.15, 0.2) is 0 Å². The molecule has 0 saturated heterocycles. The highest BCUT2D eigenvalue weighted by Crippen LogP contribution is 2.36. The highest BCUT2D eigenvalue weighted by atomic mass is 79.9. The van der Waals surface area contributed by atoms with E-state index in [1.54, 1.807) is 0 Å². The zero-order valence-electron chi connectivity index (χ0n) is 15.0. The SMILES string of the molecule is O=C(C1=NNC[C@H]1c1c2ccccc2cc2ccccc12)c1cccc(Br)c1. The molecule has 0 aliphatic carbocycles. The molecule has 1 aliphatic heterocycles. The smallest absolute Gasteiger partial charge is 0.209 e. The molecule has 0 spiro atoms. The predicted molar refractivity (Wildman–Crippen MR) is 118 cm³/mol. The summed E-state index contributed by atoms with van der Waals surface area (Å²) < 4.78 is 0.886. The second-order valence-electron chi connectivity index (χ2n) is 6.98. The van der Waals surface area contributed by atoms with E-state index in [1.807, 2.05) is 24.3 Å². The number of hydrogen-bond donors (Lipinski definition) is 1. The molecule has 3 nitrogen and oxygen atoms in total. The van der Waals surface area contributed by atoms with Crippen LogP contribution < -0.4 is 5.43 Å². The van der Waals surface area contributed by atoms with Gasteiger partial charge in [-0.1, -0.05) is 76.6 Å². The molecule has 4 aromatic carbocycles. The number of carbonyl (C=O) groups excluding carboxylic acids is 1. The molecule has 0 aromatic heterocycles. The van der Waals surface area contributed by atoms with E-state index in [1.165, 1.54) is 27.1 Å². The average molecular weight is 429 g/mol. The number of Topliss-reactive ketones (excluding diaryl/α,β-unsaturated/α-hetero) is 1. The Morgan fingerprint density at radius 3 is 2.25 bits per heavy atom. The molecule has 4 heteroatoms. The van der Waals surface area contributed by atoms with Crippen LogP contribution in [0.3, 0.4) is 0 Å². The summed E-state index contributed by atoms with van der Waals surface area (Å²) in [4.78, 5) is 13.3. The van der Waals surface area contributed by atoms with E-state index in [2.05, 4.69) is 81.1 Å². The van der Waals surface area contributed by atoms with Gasteiger partial charge in [-0.15, -0.1) is 0 Å². The fraction of sp³-hybridized carbons (Fsp3) is 0.0833. The van der Waals surface area contributed by atoms with Crippen molar-refractivity contribution in [2.75, 3.05) is 6.54 Å². The summed E-state index contributed by atoms with van der Waals surface area (Å²) in [6.45, 7) is 0.618. The Hall–Kier alpha value is -2.98. The van der Waals surface area contributed by atoms with E-state index >= 15 is 0 Å². The number of benzene rings is 4. The van der Waals surface area contributed by atoms with Crippen molar-refractivity contribution in [1.29, 1.82) is 0 Å². The molecule has 1 aliphatic rings. The van der Waals surface area contributed by atoms with Crippen LogP contribution in [-0.4, -0.2) is 18.0 Å². The first-order valence-corrected chi connectivity index (χ1v) is 10.0. The van der Waals surface area contributed by atoms with Crippen LogP contribution in [0.5, 0.6) is 0 Å². The van der Waals surface area contributed by atoms with Crippen LogP contribution in [-0.2, 0) is 0 Å². The maximum Gasteiger partial charge on any atom is 0.209 e. The number of ketones is 1. The molecule has 0 unspecified atom stereocenters. The zero-order chi connectivity index (χ0) is 19.1. The third-order valence-electron chi connectivity index (χ3n) is 5.31. The minimum atomic E-state index is -0.0949. The quantitative estimate of drug-likeness (QED) is 0.336. The number of hydrazone groups is 1. The van der Waals surface area contributed by atoms with E-state index in [0.717, 1.165) is 4.47 Å². The summed E-state index contributed by atoms with van der Waals surface area (Å²) in [5, 5.41) is 9.11. The number of carbonyl (C=O) groups is 1. The lowest BCUT2D eigenvalue weighted by Gasteiger charge is -2.18. The summed E-state index contributed by atoms with van der Waals surface area (Å²) in [6.07, 6.45) is 0. The van der Waals surface area contributed by atoms with Gasteiger partial charge < -0.3 is 5.43 Å². The normalized spacial score (nSPS) is 16.2. The van der Waals surface area contributed by atoms with Crippen LogP contribution in [0.25, 0.3) is 21.5 Å². The largest absolute Gasteiger partial charge is 0.309 e. The maximum atomic E-state index is 13.3. The van der Waals surface area contributed by atoms with E-state index in [9.17, 15) is 4.79 Å². The first kappa shape index (κ1) is 17.1. The van der Waals surface area contributed by atoms with Crippen molar-refractivity contribution in [3.05, 3.63) is 94.5 Å². The van der Waals surface area contributed by atoms with Crippen molar-refractivity contribution in [3.63, 3.8) is 0 Å². The summed E-state index contributed by atoms with van der Waals surface area (Å²) in [5.74, 6) is -0.129. The van der Waals surface area contributed by atoms with Crippen LogP contribution >= 0.6 is 15.9 Å². The molecule has 1 atom stereocenters. The number of rotatable bonds is 3. The standard InChI is InChI=1S/C24H17BrN2O/c25-18-9-5-8-17(13-18)24(28)23-21(14-26-27-23)22-19-10-3-1-6-15(19)12-16-7-2-4-11-20(16)22/h1-13,21,26H,14H2/t21-/m0/s1. The highest BCUT2D eigenvalue weighted by molar-refractivity contribution is 9.10. The van der Waals surface area contributed by atoms with Gasteiger partial charge in [-0.05, 0) is 45.3 Å². The monoisotopic (exact) mass is 428 g/mol. The molecule has 0 bridgehead atoms. The minimum Gasteiger partial charge on any atom is -0.309 e. The summed E-state index contributed by atoms with van der Waals surface area (Å²) >= 11 is 3.46. The van der Waals surface area contributed by atoms with Crippen LogP contribution in [0.2, 0.25) is 0 Å². The molecule has 28 heavy (non-hydrogen) atoms. The molecule has 5 rings (SSSR count). The second-order valence-corrected chi connectivity index (χ2v) is 7.90. The number of fused-ring (bicyclic) bond motifs is 2. The van der Waals surface area contributed by atoms with Crippen molar-refractivity contribution in [2.45, 2.75) is 5.92 Å². The van der Waals surface area contributed by atoms with Crippen molar-refractivity contribution < 1.29 is 4.79 Å². The molecule has 0 radical (unpaired) electrons. The fourth-order valence-corrected chi connectivity index (χ4v) is 4.45. The van der Waals surface area contributed by atoms with Gasteiger partial charge in [-0.25, -0.2) is 0 Å². The second kappa shape index (κ2) is 6.88. The van der Waals surface area contributed by atoms with E-state index < -0.39 is 0 Å². The zero-order valence-corrected chi connectivity index (χ0v) is 16.6. The Kier molecular flexibility index (Phi) is 4.21. The first-order chi connectivity index (χ1) is 13.7. The molecule has 0 amide bonds. The lowest BCUT2D eigenvalue weighted by molar-refractivity contribution is 0.106. The Bertz CT molecular complexity index is 1210. The Morgan fingerprint density at radius 2 is 1.57 bits per heavy atom. The number of nitrogens with one attached hydrogen (secondary N) is 1. The Morgan fingerprint density at radius 1 is 0.893 bits per heavy atom. The van der Waals surface area contributed by atoms with Crippen LogP contribution in [0.15, 0.2) is 88.4 Å². The van der Waals surface area contributed by atoms with Gasteiger partial charge in [0.1, 0.15) is 5.71 Å². The third kappa shape index (κ3) is 2.81. The third-order valence-corrected chi connectivity index (χ3v) is 5.80. The van der Waals surface area contributed by atoms with Crippen molar-refractivity contribution in [1.82, 2.24) is 5.43 Å². The van der Waals surface area contributed by atoms with Gasteiger partial charge in [0.25, 0.3) is 0 Å². The highest BCUT2D eigenvalue weighted by Gasteiger charge is 2.32. The molecule has 1 N–H and O–H groups in total. The van der Waals surface area contributed by atoms with Crippen molar-refractivity contribution in [2.24, 2.45) is 5.10 Å². The Balaban J connectivity index is 1.71. The van der Waals surface area contributed by atoms with Crippen LogP contribution in [0, 0.1) is 0 Å². The molecule has 4 aromatic rings. The van der Waals surface area contributed by atoms with Gasteiger partial charge in [-0.2, -0.15) is 5.10 Å². The lowest BCUT2D eigenvalue weighted by atomic mass is 9.84. The molecular weight excluding hydrogens is 412 g/mol. The summed E-state index contributed by atoms with van der Waals surface area (Å²) in [7, 11) is 0. The molecular formula is C24H17BrN2O. The van der Waals surface area contributed by atoms with Gasteiger partial charge in [0, 0.05) is 16.6 Å². The predicted octanol–water partition coefficient (Wildman–Crippen LogP) is 5.68. The van der Waals surface area contributed by atoms with Crippen LogP contribution in [0.4, 0.5) is 0 Å². The topological polar surface area (TPSA) is 41.5 Å². The number of nitrogens with zero attached hydrogens (tertiary/aromatic N) is 1. The Labute approximate surface area is 171 Å². The number of hydrogen-bond acceptors (Lipinski definition) is 3. The van der Waals surface area contributed by atoms with E-state index in [4.69, 9.17) is 0 Å². The fourth-order valence-electron chi connectivity index (χ4n) is 4.05. The average Bonchev–Trinajstić information content (AvgIpc) is 3.20. The van der Waals surface area contributed by atoms with Gasteiger partial charge >= 0.3 is 0 Å². The van der Waals surface area contributed by atoms with Gasteiger partial charge in [0.05, 0.1) is 5.92 Å². The van der Waals surface area contributed by atoms with Gasteiger partial charge in [0.2, 0.25) is 5.78 Å². The van der Waals surface area contributed by atoms with Crippen LogP contribution in [0.1, 0.15) is 21.8 Å².